The van der Waals surface area contributed by atoms with Gasteiger partial charge in [0.1, 0.15) is 10.6 Å². The molecule has 6 nitrogen and oxygen atoms in total. The van der Waals surface area contributed by atoms with E-state index in [0.717, 1.165) is 13.0 Å². The van der Waals surface area contributed by atoms with Crippen molar-refractivity contribution in [3.63, 3.8) is 0 Å². The Hall–Kier alpha value is -1.34. The van der Waals surface area contributed by atoms with Gasteiger partial charge in [0.25, 0.3) is 0 Å². The second kappa shape index (κ2) is 8.19. The highest BCUT2D eigenvalue weighted by molar-refractivity contribution is 7.11. The largest absolute Gasteiger partial charge is 0.462 e. The van der Waals surface area contributed by atoms with Gasteiger partial charge in [-0.05, 0) is 44.9 Å². The van der Waals surface area contributed by atoms with Crippen molar-refractivity contribution in [1.82, 2.24) is 9.27 Å². The molecule has 0 aliphatic heterocycles. The van der Waals surface area contributed by atoms with Gasteiger partial charge >= 0.3 is 5.97 Å². The van der Waals surface area contributed by atoms with Crippen molar-refractivity contribution in [2.75, 3.05) is 38.3 Å². The van der Waals surface area contributed by atoms with Gasteiger partial charge in [0.15, 0.2) is 5.82 Å². The third-order valence-corrected chi connectivity index (χ3v) is 3.67. The predicted octanol–water partition coefficient (Wildman–Crippen LogP) is 2.29. The average molecular weight is 314 g/mol. The number of hydrogen-bond donors (Lipinski definition) is 2. The standard InChI is InChI=1S/C14H26N4O2S/c1-6-20-14(19)11-12(15)17-21-13(11)16-10(7-9(2)3)8-18(4)5/h9-10,16H,6-8H2,1-5H3,(H2,15,17). The van der Waals surface area contributed by atoms with Gasteiger partial charge in [-0.25, -0.2) is 4.79 Å². The topological polar surface area (TPSA) is 80.5 Å². The number of nitrogens with two attached hydrogens (primary N) is 1. The zero-order valence-corrected chi connectivity index (χ0v) is 14.3. The number of nitrogen functional groups attached to an aromatic ring is 1. The number of likely N-dealkylation sites (N-methyl/N-ethyl adjacent to an activating group) is 1. The van der Waals surface area contributed by atoms with Gasteiger partial charge in [-0.15, -0.1) is 0 Å². The molecule has 0 fully saturated rings. The zero-order valence-electron chi connectivity index (χ0n) is 13.5. The molecule has 1 atom stereocenters. The van der Waals surface area contributed by atoms with Gasteiger partial charge in [-0.2, -0.15) is 4.37 Å². The molecule has 0 amide bonds. The third-order valence-electron chi connectivity index (χ3n) is 2.87. The minimum Gasteiger partial charge on any atom is -0.462 e. The number of carbonyl (C=O) groups is 1. The van der Waals surface area contributed by atoms with Gasteiger partial charge in [0, 0.05) is 12.6 Å². The molecule has 1 rings (SSSR count). The lowest BCUT2D eigenvalue weighted by molar-refractivity contribution is 0.0529. The first-order chi connectivity index (χ1) is 9.85. The van der Waals surface area contributed by atoms with Crippen LogP contribution in [0.4, 0.5) is 10.8 Å². The van der Waals surface area contributed by atoms with Crippen molar-refractivity contribution in [2.45, 2.75) is 33.2 Å². The Kier molecular flexibility index (Phi) is 6.91. The summed E-state index contributed by atoms with van der Waals surface area (Å²) in [5, 5.41) is 4.10. The molecule has 0 aliphatic carbocycles. The Bertz CT molecular complexity index is 450. The van der Waals surface area contributed by atoms with E-state index in [2.05, 4.69) is 28.4 Å². The smallest absolute Gasteiger partial charge is 0.344 e. The molecule has 0 bridgehead atoms. The number of carbonyl (C=O) groups excluding carboxylic acids is 1. The summed E-state index contributed by atoms with van der Waals surface area (Å²) >= 11 is 1.21. The Morgan fingerprint density at radius 2 is 2.14 bits per heavy atom. The molecule has 0 spiro atoms. The van der Waals surface area contributed by atoms with Crippen molar-refractivity contribution in [2.24, 2.45) is 5.92 Å². The highest BCUT2D eigenvalue weighted by Crippen LogP contribution is 2.29. The fourth-order valence-corrected chi connectivity index (χ4v) is 2.96. The third kappa shape index (κ3) is 5.51. The Morgan fingerprint density at radius 1 is 1.48 bits per heavy atom. The number of anilines is 2. The normalized spacial score (nSPS) is 12.7. The van der Waals surface area contributed by atoms with Crippen LogP contribution in [0.25, 0.3) is 0 Å². The van der Waals surface area contributed by atoms with Crippen molar-refractivity contribution in [3.8, 4) is 0 Å². The first-order valence-corrected chi connectivity index (χ1v) is 7.96. The number of esters is 1. The summed E-state index contributed by atoms with van der Waals surface area (Å²) in [6.45, 7) is 7.32. The van der Waals surface area contributed by atoms with Crippen LogP contribution in [0.3, 0.4) is 0 Å². The summed E-state index contributed by atoms with van der Waals surface area (Å²) in [5.41, 5.74) is 6.15. The van der Waals surface area contributed by atoms with Crippen molar-refractivity contribution >= 4 is 28.3 Å². The molecule has 7 heteroatoms. The summed E-state index contributed by atoms with van der Waals surface area (Å²) in [5.74, 6) is 0.368. The molecule has 0 saturated heterocycles. The second-order valence-electron chi connectivity index (χ2n) is 5.73. The minimum atomic E-state index is -0.417. The van der Waals surface area contributed by atoms with Crippen molar-refractivity contribution in [1.29, 1.82) is 0 Å². The molecule has 3 N–H and O–H groups in total. The SMILES string of the molecule is CCOC(=O)c1c(N)nsc1NC(CC(C)C)CN(C)C. The van der Waals surface area contributed by atoms with Gasteiger partial charge in [-0.3, -0.25) is 0 Å². The molecule has 21 heavy (non-hydrogen) atoms. The molecule has 1 aromatic heterocycles. The van der Waals surface area contributed by atoms with Crippen LogP contribution in [0.2, 0.25) is 0 Å². The van der Waals surface area contributed by atoms with Crippen LogP contribution >= 0.6 is 11.5 Å². The quantitative estimate of drug-likeness (QED) is 0.717. The summed E-state index contributed by atoms with van der Waals surface area (Å²) in [6, 6.07) is 0.230. The van der Waals surface area contributed by atoms with Crippen LogP contribution in [-0.4, -0.2) is 48.5 Å². The number of nitrogens with one attached hydrogen (secondary N) is 1. The van der Waals surface area contributed by atoms with E-state index in [1.807, 2.05) is 14.1 Å². The molecule has 0 saturated carbocycles. The van der Waals surface area contributed by atoms with E-state index in [9.17, 15) is 4.79 Å². The maximum Gasteiger partial charge on any atom is 0.344 e. The van der Waals surface area contributed by atoms with Crippen molar-refractivity contribution in [3.05, 3.63) is 5.56 Å². The Labute approximate surface area is 130 Å². The lowest BCUT2D eigenvalue weighted by Crippen LogP contribution is -2.33. The van der Waals surface area contributed by atoms with E-state index >= 15 is 0 Å². The van der Waals surface area contributed by atoms with Crippen LogP contribution < -0.4 is 11.1 Å². The summed E-state index contributed by atoms with van der Waals surface area (Å²) in [4.78, 5) is 14.1. The highest BCUT2D eigenvalue weighted by atomic mass is 32.1. The second-order valence-corrected chi connectivity index (χ2v) is 6.50. The first kappa shape index (κ1) is 17.7. The lowest BCUT2D eigenvalue weighted by atomic mass is 10.0. The minimum absolute atomic E-state index is 0.230. The average Bonchev–Trinajstić information content (AvgIpc) is 2.69. The summed E-state index contributed by atoms with van der Waals surface area (Å²) in [6.07, 6.45) is 0.998. The molecule has 0 aromatic carbocycles. The van der Waals surface area contributed by atoms with E-state index in [1.165, 1.54) is 11.5 Å². The molecule has 120 valence electrons. The zero-order chi connectivity index (χ0) is 16.0. The monoisotopic (exact) mass is 314 g/mol. The molecular weight excluding hydrogens is 288 g/mol. The van der Waals surface area contributed by atoms with Crippen LogP contribution in [0.15, 0.2) is 0 Å². The van der Waals surface area contributed by atoms with Gasteiger partial charge < -0.3 is 20.7 Å². The lowest BCUT2D eigenvalue weighted by Gasteiger charge is -2.24. The maximum absolute atomic E-state index is 12.0. The van der Waals surface area contributed by atoms with E-state index < -0.39 is 5.97 Å². The fourth-order valence-electron chi connectivity index (χ4n) is 2.18. The van der Waals surface area contributed by atoms with E-state index in [-0.39, 0.29) is 11.9 Å². The van der Waals surface area contributed by atoms with Crippen LogP contribution in [0.1, 0.15) is 37.6 Å². The molecule has 1 aromatic rings. The van der Waals surface area contributed by atoms with E-state index in [4.69, 9.17) is 10.5 Å². The molecule has 1 unspecified atom stereocenters. The molecule has 0 aliphatic rings. The number of aromatic nitrogens is 1. The number of nitrogens with zero attached hydrogens (tertiary/aromatic N) is 2. The van der Waals surface area contributed by atoms with Gasteiger partial charge in [-0.1, -0.05) is 13.8 Å². The van der Waals surface area contributed by atoms with E-state index in [1.54, 1.807) is 6.92 Å². The molecule has 0 radical (unpaired) electrons. The number of hydrogen-bond acceptors (Lipinski definition) is 7. The van der Waals surface area contributed by atoms with E-state index in [0.29, 0.717) is 23.1 Å². The van der Waals surface area contributed by atoms with Gasteiger partial charge in [0.2, 0.25) is 0 Å². The van der Waals surface area contributed by atoms with Crippen molar-refractivity contribution < 1.29 is 9.53 Å². The first-order valence-electron chi connectivity index (χ1n) is 7.18. The molecule has 1 heterocycles. The molecular formula is C14H26N4O2S. The predicted molar refractivity (Wildman–Crippen MR) is 87.9 cm³/mol. The number of rotatable bonds is 8. The summed E-state index contributed by atoms with van der Waals surface area (Å²) in [7, 11) is 4.06. The summed E-state index contributed by atoms with van der Waals surface area (Å²) < 4.78 is 9.12. The van der Waals surface area contributed by atoms with Crippen LogP contribution in [0.5, 0.6) is 0 Å². The van der Waals surface area contributed by atoms with Crippen LogP contribution in [0, 0.1) is 5.92 Å². The van der Waals surface area contributed by atoms with Crippen LogP contribution in [-0.2, 0) is 4.74 Å². The Morgan fingerprint density at radius 3 is 2.67 bits per heavy atom. The van der Waals surface area contributed by atoms with Gasteiger partial charge in [0.05, 0.1) is 6.61 Å². The highest BCUT2D eigenvalue weighted by Gasteiger charge is 2.23. The number of ether oxygens (including phenoxy) is 1. The maximum atomic E-state index is 12.0. The fraction of sp³-hybridized carbons (Fsp3) is 0.714. The Balaban J connectivity index is 2.90.